The molecule has 0 atom stereocenters. The second kappa shape index (κ2) is 7.82. The van der Waals surface area contributed by atoms with Crippen molar-refractivity contribution in [3.8, 4) is 0 Å². The Balaban J connectivity index is 1.62. The van der Waals surface area contributed by atoms with E-state index in [1.807, 2.05) is 24.3 Å². The molecule has 134 valence electrons. The van der Waals surface area contributed by atoms with E-state index >= 15 is 0 Å². The quantitative estimate of drug-likeness (QED) is 0.836. The Labute approximate surface area is 151 Å². The minimum absolute atomic E-state index is 0.00672. The SMILES string of the molecule is O=C(Cc1ccccc1C(=O)O)NCc1cccc(N2CCCC2=O)c1. The van der Waals surface area contributed by atoms with Gasteiger partial charge >= 0.3 is 5.97 Å². The predicted octanol–water partition coefficient (Wildman–Crippen LogP) is 2.37. The normalized spacial score (nSPS) is 13.7. The number of rotatable bonds is 6. The Kier molecular flexibility index (Phi) is 5.31. The maximum absolute atomic E-state index is 12.2. The molecule has 0 aliphatic carbocycles. The number of hydrogen-bond acceptors (Lipinski definition) is 3. The molecule has 1 aliphatic heterocycles. The maximum atomic E-state index is 12.2. The highest BCUT2D eigenvalue weighted by Crippen LogP contribution is 2.22. The zero-order valence-electron chi connectivity index (χ0n) is 14.3. The van der Waals surface area contributed by atoms with Gasteiger partial charge in [0.1, 0.15) is 0 Å². The number of carbonyl (C=O) groups excluding carboxylic acids is 2. The summed E-state index contributed by atoms with van der Waals surface area (Å²) in [6, 6.07) is 14.0. The lowest BCUT2D eigenvalue weighted by Crippen LogP contribution is -2.26. The summed E-state index contributed by atoms with van der Waals surface area (Å²) in [6.45, 7) is 1.05. The lowest BCUT2D eigenvalue weighted by Gasteiger charge is -2.16. The van der Waals surface area contributed by atoms with Gasteiger partial charge < -0.3 is 15.3 Å². The van der Waals surface area contributed by atoms with E-state index in [-0.39, 0.29) is 23.8 Å². The smallest absolute Gasteiger partial charge is 0.335 e. The summed E-state index contributed by atoms with van der Waals surface area (Å²) in [7, 11) is 0. The Bertz CT molecular complexity index is 847. The van der Waals surface area contributed by atoms with Crippen molar-refractivity contribution in [2.24, 2.45) is 0 Å². The van der Waals surface area contributed by atoms with Gasteiger partial charge in [0, 0.05) is 25.2 Å². The molecule has 0 saturated carbocycles. The minimum atomic E-state index is -1.05. The van der Waals surface area contributed by atoms with Gasteiger partial charge in [-0.15, -0.1) is 0 Å². The third-order valence-electron chi connectivity index (χ3n) is 4.38. The molecule has 1 heterocycles. The first kappa shape index (κ1) is 17.7. The van der Waals surface area contributed by atoms with Gasteiger partial charge in [-0.05, 0) is 35.7 Å². The third-order valence-corrected chi connectivity index (χ3v) is 4.38. The van der Waals surface area contributed by atoms with E-state index in [2.05, 4.69) is 5.32 Å². The van der Waals surface area contributed by atoms with Crippen molar-refractivity contribution in [2.75, 3.05) is 11.4 Å². The van der Waals surface area contributed by atoms with Crippen LogP contribution in [0, 0.1) is 0 Å². The fourth-order valence-corrected chi connectivity index (χ4v) is 3.07. The molecule has 0 aromatic heterocycles. The topological polar surface area (TPSA) is 86.7 Å². The highest BCUT2D eigenvalue weighted by molar-refractivity contribution is 5.95. The molecule has 0 spiro atoms. The second-order valence-corrected chi connectivity index (χ2v) is 6.23. The average Bonchev–Trinajstić information content (AvgIpc) is 3.06. The van der Waals surface area contributed by atoms with Crippen molar-refractivity contribution in [2.45, 2.75) is 25.8 Å². The van der Waals surface area contributed by atoms with Crippen molar-refractivity contribution in [3.63, 3.8) is 0 Å². The molecule has 2 N–H and O–H groups in total. The first-order valence-electron chi connectivity index (χ1n) is 8.52. The molecule has 3 rings (SSSR count). The molecule has 6 heteroatoms. The molecule has 2 amide bonds. The molecular formula is C20H20N2O4. The van der Waals surface area contributed by atoms with Gasteiger partial charge in [-0.1, -0.05) is 30.3 Å². The van der Waals surface area contributed by atoms with E-state index in [1.54, 1.807) is 23.1 Å². The molecular weight excluding hydrogens is 332 g/mol. The highest BCUT2D eigenvalue weighted by Gasteiger charge is 2.21. The second-order valence-electron chi connectivity index (χ2n) is 6.23. The summed E-state index contributed by atoms with van der Waals surface area (Å²) < 4.78 is 0. The molecule has 1 fully saturated rings. The molecule has 0 unspecified atom stereocenters. The molecule has 2 aromatic carbocycles. The number of carboxylic acid groups (broad SMARTS) is 1. The van der Waals surface area contributed by atoms with Gasteiger partial charge in [0.05, 0.1) is 12.0 Å². The summed E-state index contributed by atoms with van der Waals surface area (Å²) in [5.74, 6) is -1.17. The van der Waals surface area contributed by atoms with Crippen LogP contribution < -0.4 is 10.2 Å². The predicted molar refractivity (Wildman–Crippen MR) is 97.0 cm³/mol. The van der Waals surface area contributed by atoms with Crippen molar-refractivity contribution < 1.29 is 19.5 Å². The number of carbonyl (C=O) groups is 3. The van der Waals surface area contributed by atoms with Crippen LogP contribution in [0.1, 0.15) is 34.3 Å². The van der Waals surface area contributed by atoms with Gasteiger partial charge in [0.15, 0.2) is 0 Å². The lowest BCUT2D eigenvalue weighted by molar-refractivity contribution is -0.120. The van der Waals surface area contributed by atoms with Crippen molar-refractivity contribution >= 4 is 23.5 Å². The molecule has 1 aliphatic rings. The Morgan fingerprint density at radius 2 is 1.92 bits per heavy atom. The molecule has 1 saturated heterocycles. The number of amides is 2. The summed E-state index contributed by atoms with van der Waals surface area (Å²) in [5, 5.41) is 12.0. The van der Waals surface area contributed by atoms with E-state index < -0.39 is 5.97 Å². The van der Waals surface area contributed by atoms with E-state index in [0.717, 1.165) is 24.2 Å². The molecule has 2 aromatic rings. The molecule has 0 radical (unpaired) electrons. The van der Waals surface area contributed by atoms with Gasteiger partial charge in [0.2, 0.25) is 11.8 Å². The number of anilines is 1. The summed E-state index contributed by atoms with van der Waals surface area (Å²) in [6.07, 6.45) is 1.44. The average molecular weight is 352 g/mol. The number of nitrogens with zero attached hydrogens (tertiary/aromatic N) is 1. The van der Waals surface area contributed by atoms with Crippen LogP contribution in [0.5, 0.6) is 0 Å². The van der Waals surface area contributed by atoms with Crippen LogP contribution in [0.15, 0.2) is 48.5 Å². The van der Waals surface area contributed by atoms with Gasteiger partial charge in [-0.25, -0.2) is 4.79 Å². The van der Waals surface area contributed by atoms with E-state index in [4.69, 9.17) is 0 Å². The van der Waals surface area contributed by atoms with Gasteiger partial charge in [-0.3, -0.25) is 9.59 Å². The third kappa shape index (κ3) is 4.08. The number of hydrogen-bond donors (Lipinski definition) is 2. The first-order valence-corrected chi connectivity index (χ1v) is 8.52. The highest BCUT2D eigenvalue weighted by atomic mass is 16.4. The van der Waals surface area contributed by atoms with Crippen LogP contribution in [0.2, 0.25) is 0 Å². The molecule has 26 heavy (non-hydrogen) atoms. The van der Waals surface area contributed by atoms with Crippen LogP contribution in [0.25, 0.3) is 0 Å². The number of nitrogens with one attached hydrogen (secondary N) is 1. The minimum Gasteiger partial charge on any atom is -0.478 e. The number of benzene rings is 2. The fraction of sp³-hybridized carbons (Fsp3) is 0.250. The van der Waals surface area contributed by atoms with E-state index in [9.17, 15) is 19.5 Å². The Hall–Kier alpha value is -3.15. The number of carboxylic acids is 1. The number of aromatic carboxylic acids is 1. The zero-order valence-corrected chi connectivity index (χ0v) is 14.3. The maximum Gasteiger partial charge on any atom is 0.335 e. The summed E-state index contributed by atoms with van der Waals surface area (Å²) >= 11 is 0. The molecule has 0 bridgehead atoms. The van der Waals surface area contributed by atoms with Gasteiger partial charge in [-0.2, -0.15) is 0 Å². The van der Waals surface area contributed by atoms with Crippen molar-refractivity contribution in [3.05, 3.63) is 65.2 Å². The van der Waals surface area contributed by atoms with Crippen LogP contribution in [0.4, 0.5) is 5.69 Å². The van der Waals surface area contributed by atoms with Crippen LogP contribution >= 0.6 is 0 Å². The first-order chi connectivity index (χ1) is 12.5. The zero-order chi connectivity index (χ0) is 18.5. The molecule has 6 nitrogen and oxygen atoms in total. The summed E-state index contributed by atoms with van der Waals surface area (Å²) in [5.41, 5.74) is 2.35. The van der Waals surface area contributed by atoms with Crippen LogP contribution in [-0.4, -0.2) is 29.4 Å². The van der Waals surface area contributed by atoms with Crippen molar-refractivity contribution in [1.29, 1.82) is 0 Å². The van der Waals surface area contributed by atoms with Gasteiger partial charge in [0.25, 0.3) is 0 Å². The summed E-state index contributed by atoms with van der Waals surface area (Å²) in [4.78, 5) is 37.0. The van der Waals surface area contributed by atoms with Crippen molar-refractivity contribution in [1.82, 2.24) is 5.32 Å². The Morgan fingerprint density at radius 3 is 2.65 bits per heavy atom. The monoisotopic (exact) mass is 352 g/mol. The Morgan fingerprint density at radius 1 is 1.12 bits per heavy atom. The largest absolute Gasteiger partial charge is 0.478 e. The van der Waals surface area contributed by atoms with Crippen LogP contribution in [-0.2, 0) is 22.6 Å². The van der Waals surface area contributed by atoms with E-state index in [0.29, 0.717) is 18.5 Å². The van der Waals surface area contributed by atoms with Crippen LogP contribution in [0.3, 0.4) is 0 Å². The lowest BCUT2D eigenvalue weighted by atomic mass is 10.0. The standard InChI is InChI=1S/C20H20N2O4/c23-18(12-15-6-1-2-8-17(15)20(25)26)21-13-14-5-3-7-16(11-14)22-10-4-9-19(22)24/h1-3,5-8,11H,4,9-10,12-13H2,(H,21,23)(H,25,26). The van der Waals surface area contributed by atoms with E-state index in [1.165, 1.54) is 6.07 Å². The fourth-order valence-electron chi connectivity index (χ4n) is 3.07.